The second-order valence-electron chi connectivity index (χ2n) is 10.8. The number of hydrogen-bond acceptors (Lipinski definition) is 2. The Morgan fingerprint density at radius 2 is 1.67 bits per heavy atom. The summed E-state index contributed by atoms with van der Waals surface area (Å²) in [5, 5.41) is 13.0. The molecule has 4 heterocycles. The molecular formula is C33H35N2O+. The average molecular weight is 476 g/mol. The predicted molar refractivity (Wildman–Crippen MR) is 147 cm³/mol. The molecule has 3 heteroatoms. The number of rotatable bonds is 7. The quantitative estimate of drug-likeness (QED) is 0.298. The van der Waals surface area contributed by atoms with Crippen LogP contribution in [0.15, 0.2) is 103 Å². The smallest absolute Gasteiger partial charge is 0.131 e. The van der Waals surface area contributed by atoms with Crippen LogP contribution in [-0.4, -0.2) is 33.7 Å². The van der Waals surface area contributed by atoms with Crippen LogP contribution in [0.3, 0.4) is 0 Å². The second kappa shape index (κ2) is 10.0. The number of piperidine rings is 3. The Labute approximate surface area is 214 Å². The van der Waals surface area contributed by atoms with Gasteiger partial charge in [0.25, 0.3) is 0 Å². The Hall–Kier alpha value is -3.27. The lowest BCUT2D eigenvalue weighted by Gasteiger charge is -2.58. The predicted octanol–water partition coefficient (Wildman–Crippen LogP) is 6.80. The third-order valence-corrected chi connectivity index (χ3v) is 8.71. The van der Waals surface area contributed by atoms with Crippen molar-refractivity contribution in [1.29, 1.82) is 0 Å². The maximum Gasteiger partial charge on any atom is 0.131 e. The van der Waals surface area contributed by atoms with Crippen molar-refractivity contribution >= 4 is 17.0 Å². The maximum atomic E-state index is 12.0. The summed E-state index contributed by atoms with van der Waals surface area (Å²) in [5.74, 6) is 1.31. The molecule has 0 aliphatic carbocycles. The Morgan fingerprint density at radius 3 is 2.50 bits per heavy atom. The minimum atomic E-state index is -0.495. The van der Waals surface area contributed by atoms with Crippen LogP contribution < -0.4 is 0 Å². The minimum absolute atomic E-state index is 0.198. The fraction of sp³-hybridized carbons (Fsp3) is 0.303. The Bertz CT molecular complexity index is 1330. The van der Waals surface area contributed by atoms with Gasteiger partial charge in [0.2, 0.25) is 0 Å². The zero-order valence-electron chi connectivity index (χ0n) is 20.8. The number of para-hydroxylation sites is 1. The van der Waals surface area contributed by atoms with Gasteiger partial charge in [-0.05, 0) is 35.6 Å². The van der Waals surface area contributed by atoms with Gasteiger partial charge in [0.15, 0.2) is 0 Å². The molecule has 0 radical (unpaired) electrons. The Balaban J connectivity index is 1.31. The summed E-state index contributed by atoms with van der Waals surface area (Å²) in [5.41, 5.74) is 4.63. The highest BCUT2D eigenvalue weighted by molar-refractivity contribution is 5.82. The number of fused-ring (bicyclic) bond motifs is 4. The molecule has 0 spiro atoms. The van der Waals surface area contributed by atoms with Gasteiger partial charge in [-0.15, -0.1) is 0 Å². The van der Waals surface area contributed by atoms with E-state index in [1.807, 2.05) is 24.4 Å². The third-order valence-electron chi connectivity index (χ3n) is 8.71. The summed E-state index contributed by atoms with van der Waals surface area (Å²) in [4.78, 5) is 4.55. The van der Waals surface area contributed by atoms with Gasteiger partial charge in [-0.2, -0.15) is 0 Å². The molecule has 3 nitrogen and oxygen atoms in total. The van der Waals surface area contributed by atoms with Crippen LogP contribution in [-0.2, 0) is 6.54 Å². The first-order valence-corrected chi connectivity index (χ1v) is 13.3. The first-order chi connectivity index (χ1) is 17.7. The first kappa shape index (κ1) is 23.1. The highest BCUT2D eigenvalue weighted by Crippen LogP contribution is 2.48. The first-order valence-electron chi connectivity index (χ1n) is 13.3. The average Bonchev–Trinajstić information content (AvgIpc) is 2.93. The molecule has 7 rings (SSSR count). The van der Waals surface area contributed by atoms with Gasteiger partial charge in [0.05, 0.1) is 18.6 Å². The number of allylic oxidation sites excluding steroid dienone is 1. The van der Waals surface area contributed by atoms with Crippen LogP contribution in [0.1, 0.15) is 42.1 Å². The summed E-state index contributed by atoms with van der Waals surface area (Å²) in [6, 6.07) is 32.0. The molecule has 3 aliphatic heterocycles. The van der Waals surface area contributed by atoms with Gasteiger partial charge in [0.1, 0.15) is 18.7 Å². The summed E-state index contributed by atoms with van der Waals surface area (Å²) in [6.45, 7) is 3.25. The molecular weight excluding hydrogens is 440 g/mol. The second-order valence-corrected chi connectivity index (χ2v) is 10.8. The molecule has 3 saturated heterocycles. The lowest BCUT2D eigenvalue weighted by atomic mass is 9.70. The molecule has 1 N–H and O–H groups in total. The van der Waals surface area contributed by atoms with Gasteiger partial charge in [-0.25, -0.2) is 0 Å². The number of aromatic nitrogens is 1. The zero-order chi connectivity index (χ0) is 24.4. The van der Waals surface area contributed by atoms with E-state index in [0.717, 1.165) is 53.4 Å². The van der Waals surface area contributed by atoms with Gasteiger partial charge < -0.3 is 9.59 Å². The molecule has 3 aromatic carbocycles. The van der Waals surface area contributed by atoms with E-state index in [1.54, 1.807) is 0 Å². The summed E-state index contributed by atoms with van der Waals surface area (Å²) in [7, 11) is 0. The molecule has 0 amide bonds. The van der Waals surface area contributed by atoms with Crippen LogP contribution >= 0.6 is 0 Å². The van der Waals surface area contributed by atoms with E-state index in [2.05, 4.69) is 89.9 Å². The van der Waals surface area contributed by atoms with E-state index in [-0.39, 0.29) is 6.04 Å². The molecule has 182 valence electrons. The van der Waals surface area contributed by atoms with Crippen molar-refractivity contribution in [3.05, 3.63) is 120 Å². The number of hydrogen-bond donors (Lipinski definition) is 1. The van der Waals surface area contributed by atoms with Gasteiger partial charge in [-0.1, -0.05) is 91.0 Å². The lowest BCUT2D eigenvalue weighted by molar-refractivity contribution is -0.985. The van der Waals surface area contributed by atoms with Crippen molar-refractivity contribution in [1.82, 2.24) is 4.98 Å². The molecule has 36 heavy (non-hydrogen) atoms. The number of quaternary nitrogens is 1. The van der Waals surface area contributed by atoms with Crippen molar-refractivity contribution in [2.45, 2.75) is 38.0 Å². The highest BCUT2D eigenvalue weighted by Gasteiger charge is 2.54. The molecule has 4 aromatic rings. The van der Waals surface area contributed by atoms with Crippen LogP contribution in [0, 0.1) is 11.8 Å². The topological polar surface area (TPSA) is 33.1 Å². The van der Waals surface area contributed by atoms with E-state index in [9.17, 15) is 5.11 Å². The van der Waals surface area contributed by atoms with E-state index in [4.69, 9.17) is 0 Å². The number of aliphatic hydroxyl groups is 1. The largest absolute Gasteiger partial charge is 0.382 e. The van der Waals surface area contributed by atoms with E-state index in [0.29, 0.717) is 11.8 Å². The van der Waals surface area contributed by atoms with Crippen LogP contribution in [0.25, 0.3) is 17.0 Å². The number of aliphatic hydroxyl groups excluding tert-OH is 1. The molecule has 4 unspecified atom stereocenters. The van der Waals surface area contributed by atoms with Crippen LogP contribution in [0.4, 0.5) is 0 Å². The number of pyridine rings is 1. The summed E-state index contributed by atoms with van der Waals surface area (Å²) in [6.07, 6.45) is 9.44. The molecule has 2 bridgehead atoms. The molecule has 5 atom stereocenters. The van der Waals surface area contributed by atoms with Crippen molar-refractivity contribution in [3.8, 4) is 0 Å². The van der Waals surface area contributed by atoms with Crippen molar-refractivity contribution in [2.75, 3.05) is 13.1 Å². The van der Waals surface area contributed by atoms with Crippen LogP contribution in [0.2, 0.25) is 0 Å². The van der Waals surface area contributed by atoms with Gasteiger partial charge in [-0.3, -0.25) is 4.98 Å². The summed E-state index contributed by atoms with van der Waals surface area (Å²) >= 11 is 0. The Morgan fingerprint density at radius 1 is 0.917 bits per heavy atom. The van der Waals surface area contributed by atoms with Gasteiger partial charge in [0, 0.05) is 35.9 Å². The summed E-state index contributed by atoms with van der Waals surface area (Å²) < 4.78 is 0.974. The number of nitrogens with zero attached hydrogens (tertiary/aromatic N) is 2. The van der Waals surface area contributed by atoms with Gasteiger partial charge >= 0.3 is 0 Å². The monoisotopic (exact) mass is 475 g/mol. The fourth-order valence-electron chi connectivity index (χ4n) is 6.94. The molecule has 0 saturated carbocycles. The standard InChI is InChI=1S/C33H35N2O/c36-33(30-18-20-34-31-17-8-7-16-29(30)31)32-22-27-19-21-35(32,23-26-12-5-2-6-13-26)24-28(27)15-9-14-25-10-3-1-4-11-25/h1-14,16-18,20,27-28,32-33,36H,15,19,21-24H2/q+1/b14-9+/t27?,28?,32?,33-,35?/m1/s1. The van der Waals surface area contributed by atoms with E-state index < -0.39 is 6.10 Å². The molecule has 1 aromatic heterocycles. The Kier molecular flexibility index (Phi) is 6.43. The SMILES string of the molecule is O[C@H](c1ccnc2ccccc12)C1CC2CC[N+]1(Cc1ccccc1)CC2C/C=C/c1ccccc1. The lowest BCUT2D eigenvalue weighted by Crippen LogP contribution is -2.67. The molecule has 3 aliphatic rings. The number of benzene rings is 3. The van der Waals surface area contributed by atoms with Crippen molar-refractivity contribution in [2.24, 2.45) is 11.8 Å². The fourth-order valence-corrected chi connectivity index (χ4v) is 6.94. The van der Waals surface area contributed by atoms with Crippen LogP contribution in [0.5, 0.6) is 0 Å². The van der Waals surface area contributed by atoms with E-state index in [1.165, 1.54) is 17.5 Å². The van der Waals surface area contributed by atoms with E-state index >= 15 is 0 Å². The van der Waals surface area contributed by atoms with Crippen molar-refractivity contribution < 1.29 is 9.59 Å². The highest BCUT2D eigenvalue weighted by atomic mass is 16.3. The maximum absolute atomic E-state index is 12.0. The molecule has 3 fully saturated rings. The third kappa shape index (κ3) is 4.50. The van der Waals surface area contributed by atoms with Crippen molar-refractivity contribution in [3.63, 3.8) is 0 Å². The zero-order valence-corrected chi connectivity index (χ0v) is 20.8. The normalized spacial score (nSPS) is 26.4. The minimum Gasteiger partial charge on any atom is -0.382 e.